The highest BCUT2D eigenvalue weighted by molar-refractivity contribution is 7.90. The van der Waals surface area contributed by atoms with Gasteiger partial charge in [0.15, 0.2) is 5.65 Å². The van der Waals surface area contributed by atoms with Gasteiger partial charge in [0.25, 0.3) is 10.0 Å². The molecule has 2 aromatic heterocycles. The fourth-order valence-electron chi connectivity index (χ4n) is 4.03. The SMILES string of the molecule is Cc1ccc(S(=O)(=O)n2ccc3nc(CNC(=O)C4CCCN(C(=O)OC(C)(C)C)C4)cnc32)cc1. The minimum absolute atomic E-state index is 0.139. The van der Waals surface area contributed by atoms with Gasteiger partial charge >= 0.3 is 6.09 Å². The molecule has 1 N–H and O–H groups in total. The maximum absolute atomic E-state index is 13.0. The van der Waals surface area contributed by atoms with E-state index in [1.165, 1.54) is 12.4 Å². The quantitative estimate of drug-likeness (QED) is 0.555. The van der Waals surface area contributed by atoms with E-state index in [-0.39, 0.29) is 28.9 Å². The number of nitrogens with zero attached hydrogens (tertiary/aromatic N) is 4. The number of aromatic nitrogens is 3. The number of piperidine rings is 1. The van der Waals surface area contributed by atoms with E-state index in [9.17, 15) is 18.0 Å². The molecule has 1 fully saturated rings. The zero-order valence-corrected chi connectivity index (χ0v) is 21.7. The van der Waals surface area contributed by atoms with Crippen molar-refractivity contribution in [1.29, 1.82) is 0 Å². The molecule has 1 aromatic carbocycles. The summed E-state index contributed by atoms with van der Waals surface area (Å²) >= 11 is 0. The molecule has 1 saturated heterocycles. The van der Waals surface area contributed by atoms with Gasteiger partial charge in [0, 0.05) is 19.3 Å². The first-order chi connectivity index (χ1) is 16.9. The van der Waals surface area contributed by atoms with Gasteiger partial charge in [0.05, 0.1) is 29.2 Å². The van der Waals surface area contributed by atoms with Crippen LogP contribution in [0.2, 0.25) is 0 Å². The van der Waals surface area contributed by atoms with E-state index in [4.69, 9.17) is 4.74 Å². The van der Waals surface area contributed by atoms with Crippen molar-refractivity contribution in [3.8, 4) is 0 Å². The third-order valence-corrected chi connectivity index (χ3v) is 7.55. The van der Waals surface area contributed by atoms with Crippen LogP contribution in [0.4, 0.5) is 4.79 Å². The zero-order valence-electron chi connectivity index (χ0n) is 20.9. The summed E-state index contributed by atoms with van der Waals surface area (Å²) in [5.41, 5.74) is 1.49. The van der Waals surface area contributed by atoms with Crippen LogP contribution >= 0.6 is 0 Å². The van der Waals surface area contributed by atoms with E-state index >= 15 is 0 Å². The number of fused-ring (bicyclic) bond motifs is 1. The van der Waals surface area contributed by atoms with Crippen molar-refractivity contribution < 1.29 is 22.7 Å². The van der Waals surface area contributed by atoms with Crippen LogP contribution in [0.15, 0.2) is 47.6 Å². The van der Waals surface area contributed by atoms with Crippen LogP contribution in [0.3, 0.4) is 0 Å². The van der Waals surface area contributed by atoms with Gasteiger partial charge in [-0.25, -0.2) is 27.2 Å². The molecule has 10 nitrogen and oxygen atoms in total. The van der Waals surface area contributed by atoms with Crippen molar-refractivity contribution in [3.63, 3.8) is 0 Å². The van der Waals surface area contributed by atoms with E-state index in [2.05, 4.69) is 15.3 Å². The molecule has 4 rings (SSSR count). The summed E-state index contributed by atoms with van der Waals surface area (Å²) in [6.45, 7) is 8.31. The van der Waals surface area contributed by atoms with Crippen molar-refractivity contribution in [2.75, 3.05) is 13.1 Å². The number of carbonyl (C=O) groups excluding carboxylic acids is 2. The van der Waals surface area contributed by atoms with Crippen molar-refractivity contribution in [1.82, 2.24) is 24.2 Å². The number of nitrogens with one attached hydrogen (secondary N) is 1. The first-order valence-corrected chi connectivity index (χ1v) is 13.3. The van der Waals surface area contributed by atoms with Crippen LogP contribution in [-0.2, 0) is 26.1 Å². The summed E-state index contributed by atoms with van der Waals surface area (Å²) in [5.74, 6) is -0.520. The Kier molecular flexibility index (Phi) is 7.03. The Morgan fingerprint density at radius 2 is 1.89 bits per heavy atom. The standard InChI is InChI=1S/C25H31N5O5S/c1-17-7-9-20(10-8-17)36(33,34)30-13-11-21-22(30)26-14-19(28-21)15-27-23(31)18-6-5-12-29(16-18)24(32)35-25(2,3)4/h7-11,13-14,18H,5-6,12,15-16H2,1-4H3,(H,27,31). The highest BCUT2D eigenvalue weighted by Gasteiger charge is 2.31. The third kappa shape index (κ3) is 5.67. The Morgan fingerprint density at radius 1 is 1.17 bits per heavy atom. The molecule has 0 bridgehead atoms. The first-order valence-electron chi connectivity index (χ1n) is 11.8. The van der Waals surface area contributed by atoms with E-state index in [0.717, 1.165) is 9.54 Å². The highest BCUT2D eigenvalue weighted by Crippen LogP contribution is 2.22. The Morgan fingerprint density at radius 3 is 2.58 bits per heavy atom. The topological polar surface area (TPSA) is 123 Å². The molecule has 1 atom stereocenters. The van der Waals surface area contributed by atoms with Gasteiger partial charge in [-0.15, -0.1) is 0 Å². The fraction of sp³-hybridized carbons (Fsp3) is 0.440. The molecule has 0 saturated carbocycles. The summed E-state index contributed by atoms with van der Waals surface area (Å²) in [6.07, 6.45) is 3.86. The Hall–Kier alpha value is -3.47. The maximum atomic E-state index is 13.0. The summed E-state index contributed by atoms with van der Waals surface area (Å²) in [7, 11) is -3.81. The molecule has 3 aromatic rings. The molecule has 0 radical (unpaired) electrons. The Balaban J connectivity index is 1.41. The average molecular weight is 514 g/mol. The number of carbonyl (C=O) groups is 2. The molecule has 192 valence electrons. The molecule has 11 heteroatoms. The van der Waals surface area contributed by atoms with Crippen molar-refractivity contribution >= 4 is 33.2 Å². The monoisotopic (exact) mass is 513 g/mol. The molecular formula is C25H31N5O5S. The highest BCUT2D eigenvalue weighted by atomic mass is 32.2. The number of hydrogen-bond donors (Lipinski definition) is 1. The molecular weight excluding hydrogens is 482 g/mol. The summed E-state index contributed by atoms with van der Waals surface area (Å²) in [6, 6.07) is 8.18. The average Bonchev–Trinajstić information content (AvgIpc) is 3.26. The number of hydrogen-bond acceptors (Lipinski definition) is 7. The predicted molar refractivity (Wildman–Crippen MR) is 134 cm³/mol. The first kappa shape index (κ1) is 25.6. The van der Waals surface area contributed by atoms with Gasteiger partial charge in [0.2, 0.25) is 5.91 Å². The molecule has 36 heavy (non-hydrogen) atoms. The molecule has 0 aliphatic carbocycles. The lowest BCUT2D eigenvalue weighted by atomic mass is 9.97. The van der Waals surface area contributed by atoms with E-state index in [1.807, 2.05) is 27.7 Å². The lowest BCUT2D eigenvalue weighted by molar-refractivity contribution is -0.126. The summed E-state index contributed by atoms with van der Waals surface area (Å²) in [5, 5.41) is 2.86. The van der Waals surface area contributed by atoms with Gasteiger partial charge in [-0.1, -0.05) is 17.7 Å². The van der Waals surface area contributed by atoms with Gasteiger partial charge in [0.1, 0.15) is 11.1 Å². The van der Waals surface area contributed by atoms with Crippen LogP contribution < -0.4 is 5.32 Å². The number of likely N-dealkylation sites (tertiary alicyclic amines) is 1. The lowest BCUT2D eigenvalue weighted by Crippen LogP contribution is -2.46. The van der Waals surface area contributed by atoms with Gasteiger partial charge < -0.3 is 15.0 Å². The van der Waals surface area contributed by atoms with E-state index < -0.39 is 21.7 Å². The van der Waals surface area contributed by atoms with Crippen molar-refractivity contribution in [2.45, 2.75) is 57.6 Å². The van der Waals surface area contributed by atoms with Crippen molar-refractivity contribution in [3.05, 3.63) is 54.0 Å². The van der Waals surface area contributed by atoms with Crippen LogP contribution in [0.5, 0.6) is 0 Å². The van der Waals surface area contributed by atoms with Crippen LogP contribution in [-0.4, -0.2) is 57.9 Å². The predicted octanol–water partition coefficient (Wildman–Crippen LogP) is 3.24. The largest absolute Gasteiger partial charge is 0.444 e. The number of benzene rings is 1. The number of amides is 2. The molecule has 0 spiro atoms. The van der Waals surface area contributed by atoms with Gasteiger partial charge in [-0.05, 0) is 58.7 Å². The zero-order chi connectivity index (χ0) is 26.1. The third-order valence-electron chi connectivity index (χ3n) is 5.87. The normalized spacial score (nSPS) is 16.7. The number of ether oxygens (including phenoxy) is 1. The molecule has 1 unspecified atom stereocenters. The lowest BCUT2D eigenvalue weighted by Gasteiger charge is -2.33. The van der Waals surface area contributed by atoms with Gasteiger partial charge in [-0.2, -0.15) is 0 Å². The number of aryl methyl sites for hydroxylation is 1. The summed E-state index contributed by atoms with van der Waals surface area (Å²) in [4.78, 5) is 35.7. The van der Waals surface area contributed by atoms with Crippen LogP contribution in [0.25, 0.3) is 11.2 Å². The molecule has 2 amide bonds. The Labute approximate surface area is 210 Å². The van der Waals surface area contributed by atoms with E-state index in [1.54, 1.807) is 35.2 Å². The van der Waals surface area contributed by atoms with E-state index in [0.29, 0.717) is 37.1 Å². The molecule has 1 aliphatic heterocycles. The fourth-order valence-corrected chi connectivity index (χ4v) is 5.33. The Bertz CT molecular complexity index is 1380. The second-order valence-corrected chi connectivity index (χ2v) is 11.8. The van der Waals surface area contributed by atoms with Crippen LogP contribution in [0, 0.1) is 12.8 Å². The smallest absolute Gasteiger partial charge is 0.410 e. The summed E-state index contributed by atoms with van der Waals surface area (Å²) < 4.78 is 32.6. The van der Waals surface area contributed by atoms with Crippen molar-refractivity contribution in [2.24, 2.45) is 5.92 Å². The minimum atomic E-state index is -3.81. The van der Waals surface area contributed by atoms with Gasteiger partial charge in [-0.3, -0.25) is 4.79 Å². The second kappa shape index (κ2) is 9.88. The maximum Gasteiger partial charge on any atom is 0.410 e. The molecule has 3 heterocycles. The number of rotatable bonds is 5. The minimum Gasteiger partial charge on any atom is -0.444 e. The van der Waals surface area contributed by atoms with Crippen LogP contribution in [0.1, 0.15) is 44.9 Å². The molecule has 1 aliphatic rings. The second-order valence-electron chi connectivity index (χ2n) is 9.98.